The lowest BCUT2D eigenvalue weighted by atomic mass is 9.94. The van der Waals surface area contributed by atoms with E-state index in [4.69, 9.17) is 18.8 Å². The van der Waals surface area contributed by atoms with Crippen LogP contribution in [-0.4, -0.2) is 30.4 Å². The molecule has 368 valence electrons. The largest absolute Gasteiger partial charge is 0.416 e. The molecule has 0 fully saturated rings. The monoisotopic (exact) mass is 1000 g/mol. The first-order valence-electron chi connectivity index (χ1n) is 25.7. The number of fused-ring (bicyclic) bond motifs is 3. The van der Waals surface area contributed by atoms with Gasteiger partial charge in [-0.1, -0.05) is 146 Å². The van der Waals surface area contributed by atoms with E-state index in [1.807, 2.05) is 121 Å². The van der Waals surface area contributed by atoms with Crippen LogP contribution in [0.3, 0.4) is 0 Å². The molecule has 0 spiro atoms. The molecule has 0 radical (unpaired) electrons. The van der Waals surface area contributed by atoms with E-state index in [0.29, 0.717) is 23.6 Å². The number of rotatable bonds is 12. The van der Waals surface area contributed by atoms with Gasteiger partial charge in [-0.2, -0.15) is 0 Å². The standard InChI is InChI=1S/C68H44N8O2/c1-5-19-45(20-6-1)65-71-73-67(77-65)47-37-41-51(42-38-47)75(49-23-9-3-10-24-49)61-35-17-27-53-55(61)29-15-31-57(53)63-64(70-60-34-14-13-33-59(60)69-63)58-32-16-30-56-54(58)28-18-36-62(56)76(50-25-11-4-12-26-50)52-43-39-48(40-44-52)68-74-72-66(78-68)46-21-7-2-8-22-46/h1-44H. The van der Waals surface area contributed by atoms with E-state index in [-0.39, 0.29) is 0 Å². The van der Waals surface area contributed by atoms with Crippen molar-refractivity contribution in [1.29, 1.82) is 0 Å². The van der Waals surface area contributed by atoms with E-state index in [1.54, 1.807) is 0 Å². The highest BCUT2D eigenvalue weighted by Gasteiger charge is 2.23. The maximum Gasteiger partial charge on any atom is 0.248 e. The highest BCUT2D eigenvalue weighted by molar-refractivity contribution is 6.11. The van der Waals surface area contributed by atoms with Gasteiger partial charge in [-0.15, -0.1) is 20.4 Å². The summed E-state index contributed by atoms with van der Waals surface area (Å²) >= 11 is 0. The first kappa shape index (κ1) is 45.7. The Kier molecular flexibility index (Phi) is 11.6. The van der Waals surface area contributed by atoms with Gasteiger partial charge in [0.1, 0.15) is 0 Å². The Bertz CT molecular complexity index is 4150. The molecule has 3 heterocycles. The molecule has 0 saturated heterocycles. The van der Waals surface area contributed by atoms with Gasteiger partial charge in [0, 0.05) is 66.9 Å². The Morgan fingerprint density at radius 3 is 0.936 bits per heavy atom. The van der Waals surface area contributed by atoms with Crippen molar-refractivity contribution in [3.63, 3.8) is 0 Å². The van der Waals surface area contributed by atoms with Gasteiger partial charge in [0.15, 0.2) is 0 Å². The number of nitrogens with zero attached hydrogens (tertiary/aromatic N) is 8. The van der Waals surface area contributed by atoms with Gasteiger partial charge < -0.3 is 18.6 Å². The smallest absolute Gasteiger partial charge is 0.248 e. The van der Waals surface area contributed by atoms with Crippen LogP contribution in [0.1, 0.15) is 0 Å². The molecule has 0 unspecified atom stereocenters. The zero-order chi connectivity index (χ0) is 51.8. The summed E-state index contributed by atoms with van der Waals surface area (Å²) in [7, 11) is 0. The molecule has 0 bridgehead atoms. The molecule has 14 rings (SSSR count). The predicted octanol–water partition coefficient (Wildman–Crippen LogP) is 17.6. The third kappa shape index (κ3) is 8.45. The van der Waals surface area contributed by atoms with E-state index in [0.717, 1.165) is 111 Å². The topological polar surface area (TPSA) is 110 Å². The Morgan fingerprint density at radius 2 is 0.551 bits per heavy atom. The Hall–Kier alpha value is -10.8. The number of anilines is 6. The van der Waals surface area contributed by atoms with Crippen molar-refractivity contribution in [3.05, 3.63) is 267 Å². The minimum Gasteiger partial charge on any atom is -0.416 e. The number of benzene rings is 11. The predicted molar refractivity (Wildman–Crippen MR) is 312 cm³/mol. The minimum atomic E-state index is 0.454. The van der Waals surface area contributed by atoms with E-state index in [2.05, 4.69) is 176 Å². The van der Waals surface area contributed by atoms with Crippen LogP contribution < -0.4 is 9.80 Å². The van der Waals surface area contributed by atoms with Crippen LogP contribution in [0.25, 0.3) is 101 Å². The summed E-state index contributed by atoms with van der Waals surface area (Å²) in [6.45, 7) is 0. The third-order valence-electron chi connectivity index (χ3n) is 14.0. The third-order valence-corrected chi connectivity index (χ3v) is 14.0. The fourth-order valence-corrected chi connectivity index (χ4v) is 10.4. The zero-order valence-corrected chi connectivity index (χ0v) is 41.8. The second kappa shape index (κ2) is 19.8. The minimum absolute atomic E-state index is 0.454. The summed E-state index contributed by atoms with van der Waals surface area (Å²) < 4.78 is 12.3. The normalized spacial score (nSPS) is 11.3. The van der Waals surface area contributed by atoms with Gasteiger partial charge in [0.2, 0.25) is 23.6 Å². The van der Waals surface area contributed by atoms with Gasteiger partial charge in [0.05, 0.1) is 33.8 Å². The molecular formula is C68H44N8O2. The molecule has 0 amide bonds. The average molecular weight is 1010 g/mol. The Balaban J connectivity index is 0.877. The molecule has 14 aromatic rings. The van der Waals surface area contributed by atoms with Gasteiger partial charge >= 0.3 is 0 Å². The Labute approximate surface area is 448 Å². The Morgan fingerprint density at radius 1 is 0.244 bits per heavy atom. The number of hydrogen-bond acceptors (Lipinski definition) is 10. The van der Waals surface area contributed by atoms with Crippen LogP contribution in [0.4, 0.5) is 34.1 Å². The molecule has 0 aliphatic carbocycles. The van der Waals surface area contributed by atoms with Crippen molar-refractivity contribution in [2.75, 3.05) is 9.80 Å². The first-order chi connectivity index (χ1) is 38.7. The summed E-state index contributed by atoms with van der Waals surface area (Å²) in [5.41, 5.74) is 14.5. The molecule has 0 aliphatic rings. The summed E-state index contributed by atoms with van der Waals surface area (Å²) in [4.78, 5) is 15.6. The van der Waals surface area contributed by atoms with Gasteiger partial charge in [-0.05, 0) is 132 Å². The van der Waals surface area contributed by atoms with Crippen molar-refractivity contribution in [3.8, 4) is 68.3 Å². The molecule has 0 aliphatic heterocycles. The van der Waals surface area contributed by atoms with Crippen molar-refractivity contribution in [2.24, 2.45) is 0 Å². The van der Waals surface area contributed by atoms with Crippen LogP contribution >= 0.6 is 0 Å². The number of para-hydroxylation sites is 4. The van der Waals surface area contributed by atoms with Crippen LogP contribution in [-0.2, 0) is 0 Å². The summed E-state index contributed by atoms with van der Waals surface area (Å²) in [6, 6.07) is 91.1. The molecule has 10 heteroatoms. The van der Waals surface area contributed by atoms with E-state index < -0.39 is 0 Å². The van der Waals surface area contributed by atoms with Gasteiger partial charge in [-0.25, -0.2) is 9.97 Å². The zero-order valence-electron chi connectivity index (χ0n) is 41.8. The molecule has 3 aromatic heterocycles. The van der Waals surface area contributed by atoms with Crippen molar-refractivity contribution < 1.29 is 8.83 Å². The lowest BCUT2D eigenvalue weighted by Gasteiger charge is -2.27. The van der Waals surface area contributed by atoms with Crippen LogP contribution in [0.15, 0.2) is 276 Å². The maximum absolute atomic E-state index is 6.16. The van der Waals surface area contributed by atoms with Crippen molar-refractivity contribution in [1.82, 2.24) is 30.4 Å². The van der Waals surface area contributed by atoms with Crippen molar-refractivity contribution in [2.45, 2.75) is 0 Å². The lowest BCUT2D eigenvalue weighted by molar-refractivity contribution is 0.584. The fourth-order valence-electron chi connectivity index (χ4n) is 10.4. The van der Waals surface area contributed by atoms with Crippen molar-refractivity contribution >= 4 is 66.7 Å². The van der Waals surface area contributed by atoms with Crippen LogP contribution in [0.5, 0.6) is 0 Å². The lowest BCUT2D eigenvalue weighted by Crippen LogP contribution is -2.10. The second-order valence-electron chi connectivity index (χ2n) is 18.8. The summed E-state index contributed by atoms with van der Waals surface area (Å²) in [6.07, 6.45) is 0. The summed E-state index contributed by atoms with van der Waals surface area (Å²) in [5.74, 6) is 1.86. The van der Waals surface area contributed by atoms with E-state index >= 15 is 0 Å². The number of aromatic nitrogens is 6. The van der Waals surface area contributed by atoms with Crippen LogP contribution in [0.2, 0.25) is 0 Å². The highest BCUT2D eigenvalue weighted by Crippen LogP contribution is 2.46. The molecule has 78 heavy (non-hydrogen) atoms. The SMILES string of the molecule is c1ccc(-c2nnc(-c3ccc(N(c4ccccc4)c4cccc5c(-c6nc7ccccc7nc6-c6cccc7c(N(c8ccccc8)c8ccc(-c9nnc(-c%10ccccc%10)o9)cc8)cccc67)cccc45)cc3)o2)cc1. The molecular weight excluding hydrogens is 961 g/mol. The summed E-state index contributed by atoms with van der Waals surface area (Å²) in [5, 5.41) is 21.7. The maximum atomic E-state index is 6.16. The van der Waals surface area contributed by atoms with E-state index in [9.17, 15) is 0 Å². The molecule has 0 N–H and O–H groups in total. The highest BCUT2D eigenvalue weighted by atomic mass is 16.4. The number of hydrogen-bond donors (Lipinski definition) is 0. The quantitative estimate of drug-likeness (QED) is 0.117. The van der Waals surface area contributed by atoms with Gasteiger partial charge in [0.25, 0.3) is 0 Å². The van der Waals surface area contributed by atoms with Crippen LogP contribution in [0, 0.1) is 0 Å². The average Bonchev–Trinajstić information content (AvgIpc) is 4.29. The van der Waals surface area contributed by atoms with Gasteiger partial charge in [-0.3, -0.25) is 0 Å². The second-order valence-corrected chi connectivity index (χ2v) is 18.8. The molecule has 11 aromatic carbocycles. The molecule has 0 atom stereocenters. The van der Waals surface area contributed by atoms with E-state index in [1.165, 1.54) is 0 Å². The molecule has 10 nitrogen and oxygen atoms in total. The molecule has 0 saturated carbocycles. The fraction of sp³-hybridized carbons (Fsp3) is 0. The first-order valence-corrected chi connectivity index (χ1v) is 25.7.